The second-order valence-electron chi connectivity index (χ2n) is 9.49. The van der Waals surface area contributed by atoms with E-state index in [0.717, 1.165) is 12.8 Å². The van der Waals surface area contributed by atoms with Gasteiger partial charge in [0.15, 0.2) is 6.29 Å². The molecule has 9 nitrogen and oxygen atoms in total. The van der Waals surface area contributed by atoms with Crippen LogP contribution in [0.1, 0.15) is 53.4 Å². The standard InChI is InChI=1S/C22H33NO8/c1-20(2,3)31-19(26)29-16(13-10-8-7-9-11-13)22(18(25)28-6)21(4)14(17(24)23-22)12-15(27-5)30-21/h8,10,13-16H,7,9,11-12H2,1-6H3,(H,23,24)/t13-,14+,15+,16+,21+,22-/m1/s1. The van der Waals surface area contributed by atoms with E-state index in [-0.39, 0.29) is 18.2 Å². The Hall–Kier alpha value is -2.13. The predicted octanol–water partition coefficient (Wildman–Crippen LogP) is 2.47. The Morgan fingerprint density at radius 1 is 1.29 bits per heavy atom. The van der Waals surface area contributed by atoms with E-state index < -0.39 is 47.2 Å². The first-order valence-electron chi connectivity index (χ1n) is 10.7. The molecule has 0 spiro atoms. The zero-order valence-corrected chi connectivity index (χ0v) is 19.1. The highest BCUT2D eigenvalue weighted by molar-refractivity contribution is 5.97. The highest BCUT2D eigenvalue weighted by Gasteiger charge is 2.75. The fraction of sp³-hybridized carbons (Fsp3) is 0.773. The molecule has 3 aliphatic rings. The van der Waals surface area contributed by atoms with Crippen LogP contribution in [0.5, 0.6) is 0 Å². The molecule has 0 unspecified atom stereocenters. The van der Waals surface area contributed by atoms with E-state index in [1.54, 1.807) is 27.7 Å². The quantitative estimate of drug-likeness (QED) is 0.514. The highest BCUT2D eigenvalue weighted by Crippen LogP contribution is 2.52. The van der Waals surface area contributed by atoms with Crippen LogP contribution in [0.4, 0.5) is 4.79 Å². The SMILES string of the molecule is COC(=O)[C@@]1([C@@H](OC(=O)OC(C)(C)C)[C@@H]2C=CCCC2)NC(=O)[C@@H]2C[C@@H](OC)O[C@@]21C. The Balaban J connectivity index is 2.10. The zero-order valence-electron chi connectivity index (χ0n) is 19.1. The van der Waals surface area contributed by atoms with Crippen LogP contribution in [0.2, 0.25) is 0 Å². The molecule has 2 saturated heterocycles. The minimum absolute atomic E-state index is 0.275. The summed E-state index contributed by atoms with van der Waals surface area (Å²) in [4.78, 5) is 39.1. The molecule has 9 heteroatoms. The number of ether oxygens (including phenoxy) is 5. The van der Waals surface area contributed by atoms with Crippen LogP contribution in [0.15, 0.2) is 12.2 Å². The van der Waals surface area contributed by atoms with Crippen molar-refractivity contribution in [2.75, 3.05) is 14.2 Å². The van der Waals surface area contributed by atoms with Crippen molar-refractivity contribution in [1.82, 2.24) is 5.32 Å². The molecule has 2 aliphatic heterocycles. The van der Waals surface area contributed by atoms with Crippen molar-refractivity contribution in [2.24, 2.45) is 11.8 Å². The maximum atomic E-state index is 13.4. The molecule has 0 aromatic heterocycles. The first kappa shape index (κ1) is 23.5. The monoisotopic (exact) mass is 439 g/mol. The van der Waals surface area contributed by atoms with E-state index in [2.05, 4.69) is 5.32 Å². The average Bonchev–Trinajstić information content (AvgIpc) is 3.16. The van der Waals surface area contributed by atoms with Gasteiger partial charge in [-0.1, -0.05) is 12.2 Å². The van der Waals surface area contributed by atoms with Crippen LogP contribution >= 0.6 is 0 Å². The van der Waals surface area contributed by atoms with Crippen LogP contribution in [0.3, 0.4) is 0 Å². The van der Waals surface area contributed by atoms with E-state index in [1.807, 2.05) is 12.2 Å². The summed E-state index contributed by atoms with van der Waals surface area (Å²) in [7, 11) is 2.71. The summed E-state index contributed by atoms with van der Waals surface area (Å²) in [6, 6.07) is 0. The smallest absolute Gasteiger partial charge is 0.467 e. The van der Waals surface area contributed by atoms with Gasteiger partial charge in [0, 0.05) is 19.4 Å². The lowest BCUT2D eigenvalue weighted by atomic mass is 9.69. The molecule has 1 N–H and O–H groups in total. The van der Waals surface area contributed by atoms with Crippen molar-refractivity contribution in [3.05, 3.63) is 12.2 Å². The molecule has 0 aromatic rings. The lowest BCUT2D eigenvalue weighted by molar-refractivity contribution is -0.206. The predicted molar refractivity (Wildman–Crippen MR) is 109 cm³/mol. The molecule has 0 bridgehead atoms. The lowest BCUT2D eigenvalue weighted by Gasteiger charge is -2.46. The second kappa shape index (κ2) is 8.43. The molecule has 1 amide bonds. The first-order valence-corrected chi connectivity index (χ1v) is 10.7. The maximum Gasteiger partial charge on any atom is 0.509 e. The summed E-state index contributed by atoms with van der Waals surface area (Å²) >= 11 is 0. The molecule has 3 rings (SSSR count). The minimum Gasteiger partial charge on any atom is -0.467 e. The van der Waals surface area contributed by atoms with Gasteiger partial charge in [0.05, 0.1) is 13.0 Å². The summed E-state index contributed by atoms with van der Waals surface area (Å²) < 4.78 is 27.8. The van der Waals surface area contributed by atoms with Gasteiger partial charge in [0.1, 0.15) is 17.3 Å². The van der Waals surface area contributed by atoms with Crippen LogP contribution in [-0.4, -0.2) is 61.4 Å². The molecule has 6 atom stereocenters. The molecule has 0 radical (unpaired) electrons. The van der Waals surface area contributed by atoms with E-state index >= 15 is 0 Å². The van der Waals surface area contributed by atoms with Crippen LogP contribution in [-0.2, 0) is 33.3 Å². The van der Waals surface area contributed by atoms with Crippen molar-refractivity contribution < 1.29 is 38.1 Å². The van der Waals surface area contributed by atoms with Gasteiger partial charge in [-0.3, -0.25) is 4.79 Å². The number of carbonyl (C=O) groups is 3. The number of carbonyl (C=O) groups excluding carboxylic acids is 3. The van der Waals surface area contributed by atoms with Crippen molar-refractivity contribution >= 4 is 18.0 Å². The summed E-state index contributed by atoms with van der Waals surface area (Å²) in [6.45, 7) is 6.83. The molecule has 1 aliphatic carbocycles. The normalized spacial score (nSPS) is 35.8. The Morgan fingerprint density at radius 2 is 2.00 bits per heavy atom. The van der Waals surface area contributed by atoms with Crippen LogP contribution < -0.4 is 5.32 Å². The second-order valence-corrected chi connectivity index (χ2v) is 9.49. The van der Waals surface area contributed by atoms with Crippen molar-refractivity contribution in [2.45, 2.75) is 82.5 Å². The van der Waals surface area contributed by atoms with Gasteiger partial charge in [-0.25, -0.2) is 9.59 Å². The Bertz CT molecular complexity index is 759. The zero-order chi connectivity index (χ0) is 23.0. The molecular weight excluding hydrogens is 406 g/mol. The molecule has 31 heavy (non-hydrogen) atoms. The van der Waals surface area contributed by atoms with Gasteiger partial charge in [0.25, 0.3) is 0 Å². The van der Waals surface area contributed by atoms with Gasteiger partial charge in [-0.15, -0.1) is 0 Å². The number of methoxy groups -OCH3 is 2. The Kier molecular flexibility index (Phi) is 6.40. The van der Waals surface area contributed by atoms with Crippen LogP contribution in [0.25, 0.3) is 0 Å². The minimum atomic E-state index is -1.76. The van der Waals surface area contributed by atoms with E-state index in [9.17, 15) is 14.4 Å². The highest BCUT2D eigenvalue weighted by atomic mass is 16.7. The Morgan fingerprint density at radius 3 is 2.55 bits per heavy atom. The van der Waals surface area contributed by atoms with Crippen molar-refractivity contribution in [3.8, 4) is 0 Å². The van der Waals surface area contributed by atoms with Crippen molar-refractivity contribution in [1.29, 1.82) is 0 Å². The van der Waals surface area contributed by atoms with Gasteiger partial charge in [-0.05, 0) is 47.0 Å². The fourth-order valence-corrected chi connectivity index (χ4v) is 4.95. The largest absolute Gasteiger partial charge is 0.509 e. The summed E-state index contributed by atoms with van der Waals surface area (Å²) in [5.41, 5.74) is -3.91. The van der Waals surface area contributed by atoms with Gasteiger partial charge >= 0.3 is 12.1 Å². The lowest BCUT2D eigenvalue weighted by Crippen LogP contribution is -2.71. The van der Waals surface area contributed by atoms with Crippen molar-refractivity contribution in [3.63, 3.8) is 0 Å². The molecule has 2 fully saturated rings. The molecular formula is C22H33NO8. The first-order chi connectivity index (χ1) is 14.5. The fourth-order valence-electron chi connectivity index (χ4n) is 4.95. The number of hydrogen-bond acceptors (Lipinski definition) is 8. The van der Waals surface area contributed by atoms with E-state index in [1.165, 1.54) is 14.2 Å². The summed E-state index contributed by atoms with van der Waals surface area (Å²) in [5.74, 6) is -2.13. The average molecular weight is 440 g/mol. The number of esters is 1. The number of rotatable bonds is 5. The summed E-state index contributed by atoms with van der Waals surface area (Å²) in [5, 5.41) is 2.81. The van der Waals surface area contributed by atoms with Gasteiger partial charge in [-0.2, -0.15) is 0 Å². The molecule has 174 valence electrons. The van der Waals surface area contributed by atoms with E-state index in [4.69, 9.17) is 23.7 Å². The molecule has 0 saturated carbocycles. The third kappa shape index (κ3) is 4.05. The third-order valence-electron chi connectivity index (χ3n) is 6.38. The third-order valence-corrected chi connectivity index (χ3v) is 6.38. The van der Waals surface area contributed by atoms with Crippen LogP contribution in [0, 0.1) is 11.8 Å². The number of nitrogens with one attached hydrogen (secondary N) is 1. The number of fused-ring (bicyclic) bond motifs is 1. The maximum absolute atomic E-state index is 13.4. The topological polar surface area (TPSA) is 109 Å². The number of allylic oxidation sites excluding steroid dienone is 1. The molecule has 2 heterocycles. The Labute approximate surface area is 182 Å². The van der Waals surface area contributed by atoms with E-state index in [0.29, 0.717) is 6.42 Å². The number of hydrogen-bond donors (Lipinski definition) is 1. The molecule has 0 aromatic carbocycles. The van der Waals surface area contributed by atoms with Gasteiger partial charge in [0.2, 0.25) is 11.4 Å². The number of amides is 1. The van der Waals surface area contributed by atoms with Gasteiger partial charge < -0.3 is 29.0 Å². The summed E-state index contributed by atoms with van der Waals surface area (Å²) in [6.07, 6.45) is 3.86.